The number of nitrogens with one attached hydrogen (secondary N) is 2. The van der Waals surface area contributed by atoms with Crippen LogP contribution in [0.15, 0.2) is 33.5 Å². The highest BCUT2D eigenvalue weighted by Crippen LogP contribution is 2.19. The number of benzene rings is 1. The standard InChI is InChI=1S/C25H39ClN4O7S/c1-16(2)13-19(27-22(33)36-24(3,4)5)21(32)29-38(35,18-12-10-11-17(26)14-18)28-20(31)15-30(9)23(34)37-25(6,7)8/h10-12,14,16,19H,13,15H2,1-9H3,(H,27,33)(H,28,29,31,32,35)/t19-,38?/m0/s1. The minimum Gasteiger partial charge on any atom is -0.444 e. The van der Waals surface area contributed by atoms with Gasteiger partial charge in [-0.15, -0.1) is 4.36 Å². The van der Waals surface area contributed by atoms with Gasteiger partial charge >= 0.3 is 12.2 Å². The van der Waals surface area contributed by atoms with Gasteiger partial charge < -0.3 is 19.7 Å². The van der Waals surface area contributed by atoms with Gasteiger partial charge in [0, 0.05) is 12.1 Å². The maximum atomic E-state index is 14.0. The van der Waals surface area contributed by atoms with E-state index in [2.05, 4.69) is 14.4 Å². The number of carbonyl (C=O) groups is 4. The zero-order valence-electron chi connectivity index (χ0n) is 23.4. The molecule has 0 aliphatic carbocycles. The molecule has 1 aromatic carbocycles. The Labute approximate surface area is 230 Å². The normalized spacial score (nSPS) is 14.1. The molecule has 0 heterocycles. The van der Waals surface area contributed by atoms with Crippen LogP contribution in [0.4, 0.5) is 9.59 Å². The molecule has 1 aromatic rings. The third-order valence-electron chi connectivity index (χ3n) is 4.37. The van der Waals surface area contributed by atoms with Crippen LogP contribution in [0.5, 0.6) is 0 Å². The number of rotatable bonds is 8. The van der Waals surface area contributed by atoms with Gasteiger partial charge in [0.25, 0.3) is 11.8 Å². The summed E-state index contributed by atoms with van der Waals surface area (Å²) in [5, 5.41) is 2.67. The number of nitrogens with zero attached hydrogens (tertiary/aromatic N) is 2. The summed E-state index contributed by atoms with van der Waals surface area (Å²) in [7, 11) is -2.59. The molecule has 0 fully saturated rings. The average molecular weight is 575 g/mol. The second-order valence-corrected chi connectivity index (χ2v) is 13.4. The van der Waals surface area contributed by atoms with Gasteiger partial charge in [0.1, 0.15) is 23.8 Å². The van der Waals surface area contributed by atoms with E-state index >= 15 is 0 Å². The first-order valence-electron chi connectivity index (χ1n) is 12.0. The monoisotopic (exact) mass is 574 g/mol. The summed E-state index contributed by atoms with van der Waals surface area (Å²) in [5.41, 5.74) is -1.60. The van der Waals surface area contributed by atoms with E-state index in [4.69, 9.17) is 21.1 Å². The summed E-state index contributed by atoms with van der Waals surface area (Å²) in [6.07, 6.45) is -1.44. The van der Waals surface area contributed by atoms with Gasteiger partial charge in [-0.25, -0.2) is 13.8 Å². The Morgan fingerprint density at radius 1 is 1.05 bits per heavy atom. The van der Waals surface area contributed by atoms with Gasteiger partial charge in [0.15, 0.2) is 9.92 Å². The highest BCUT2D eigenvalue weighted by atomic mass is 35.5. The molecule has 0 spiro atoms. The van der Waals surface area contributed by atoms with Gasteiger partial charge in [-0.05, 0) is 72.1 Å². The van der Waals surface area contributed by atoms with Crippen molar-refractivity contribution in [1.82, 2.24) is 14.9 Å². The molecule has 1 unspecified atom stereocenters. The highest BCUT2D eigenvalue weighted by molar-refractivity contribution is 7.92. The van der Waals surface area contributed by atoms with Crippen molar-refractivity contribution >= 4 is 45.5 Å². The molecule has 2 atom stereocenters. The first-order chi connectivity index (χ1) is 17.2. The zero-order chi connectivity index (χ0) is 29.5. The van der Waals surface area contributed by atoms with Crippen molar-refractivity contribution in [3.05, 3.63) is 29.3 Å². The van der Waals surface area contributed by atoms with Crippen molar-refractivity contribution < 1.29 is 32.9 Å². The lowest BCUT2D eigenvalue weighted by molar-refractivity contribution is -0.120. The van der Waals surface area contributed by atoms with E-state index in [1.807, 2.05) is 13.8 Å². The minimum absolute atomic E-state index is 0.0350. The number of carbonyl (C=O) groups excluding carboxylic acids is 4. The molecule has 0 aliphatic heterocycles. The molecule has 11 nitrogen and oxygen atoms in total. The van der Waals surface area contributed by atoms with E-state index in [0.29, 0.717) is 0 Å². The first kappa shape index (κ1) is 33.2. The quantitative estimate of drug-likeness (QED) is 0.464. The molecule has 214 valence electrons. The third kappa shape index (κ3) is 12.1. The molecular weight excluding hydrogens is 536 g/mol. The number of alkyl carbamates (subject to hydrolysis) is 1. The molecule has 2 N–H and O–H groups in total. The van der Waals surface area contributed by atoms with E-state index in [9.17, 15) is 23.4 Å². The Bertz CT molecular complexity index is 1150. The SMILES string of the molecule is CC(C)C[C@H](NC(=O)OC(C)(C)C)C(=O)N=S(=O)(NC(=O)CN(C)C(=O)OC(C)(C)C)c1cccc(Cl)c1. The molecule has 0 saturated heterocycles. The molecule has 1 rings (SSSR count). The third-order valence-corrected chi connectivity index (χ3v) is 6.44. The van der Waals surface area contributed by atoms with Gasteiger partial charge in [-0.3, -0.25) is 14.3 Å². The lowest BCUT2D eigenvalue weighted by atomic mass is 10.0. The number of halogens is 1. The Hall–Kier alpha value is -2.86. The minimum atomic E-state index is -3.93. The van der Waals surface area contributed by atoms with Gasteiger partial charge in [0.2, 0.25) is 0 Å². The first-order valence-corrected chi connectivity index (χ1v) is 13.9. The topological polar surface area (TPSA) is 143 Å². The Kier molecular flexibility index (Phi) is 11.6. The van der Waals surface area contributed by atoms with Crippen LogP contribution < -0.4 is 10.0 Å². The number of amides is 4. The van der Waals surface area contributed by atoms with E-state index < -0.39 is 57.7 Å². The van der Waals surface area contributed by atoms with Crippen LogP contribution >= 0.6 is 11.6 Å². The van der Waals surface area contributed by atoms with Crippen molar-refractivity contribution in [1.29, 1.82) is 0 Å². The zero-order valence-corrected chi connectivity index (χ0v) is 25.0. The van der Waals surface area contributed by atoms with Crippen molar-refractivity contribution in [3.8, 4) is 0 Å². The average Bonchev–Trinajstić information content (AvgIpc) is 2.70. The molecule has 0 radical (unpaired) electrons. The van der Waals surface area contributed by atoms with E-state index in [-0.39, 0.29) is 22.3 Å². The highest BCUT2D eigenvalue weighted by Gasteiger charge is 2.29. The predicted molar refractivity (Wildman–Crippen MR) is 145 cm³/mol. The van der Waals surface area contributed by atoms with Gasteiger partial charge in [-0.1, -0.05) is 31.5 Å². The van der Waals surface area contributed by atoms with Crippen molar-refractivity contribution in [2.45, 2.75) is 84.0 Å². The maximum absolute atomic E-state index is 14.0. The largest absolute Gasteiger partial charge is 0.444 e. The van der Waals surface area contributed by atoms with Crippen LogP contribution in [0.1, 0.15) is 61.8 Å². The molecule has 0 aromatic heterocycles. The second kappa shape index (κ2) is 13.3. The molecule has 38 heavy (non-hydrogen) atoms. The number of ether oxygens (including phenoxy) is 2. The molecular formula is C25H39ClN4O7S. The lowest BCUT2D eigenvalue weighted by Gasteiger charge is -2.24. The van der Waals surface area contributed by atoms with Crippen LogP contribution in [0, 0.1) is 5.92 Å². The number of hydrogen-bond acceptors (Lipinski definition) is 7. The summed E-state index contributed by atoms with van der Waals surface area (Å²) in [5.74, 6) is -1.84. The van der Waals surface area contributed by atoms with Crippen molar-refractivity contribution in [3.63, 3.8) is 0 Å². The van der Waals surface area contributed by atoms with Crippen molar-refractivity contribution in [2.75, 3.05) is 13.6 Å². The summed E-state index contributed by atoms with van der Waals surface area (Å²) >= 11 is 6.07. The van der Waals surface area contributed by atoms with Gasteiger partial charge in [0.05, 0.1) is 4.90 Å². The summed E-state index contributed by atoms with van der Waals surface area (Å²) in [6.45, 7) is 13.2. The number of likely N-dealkylation sites (N-methyl/N-ethyl adjacent to an activating group) is 1. The van der Waals surface area contributed by atoms with Crippen LogP contribution in [-0.2, 0) is 29.0 Å². The Balaban J connectivity index is 3.36. The van der Waals surface area contributed by atoms with Crippen LogP contribution in [0.3, 0.4) is 0 Å². The Morgan fingerprint density at radius 2 is 1.63 bits per heavy atom. The summed E-state index contributed by atoms with van der Waals surface area (Å²) in [6, 6.07) is 4.53. The summed E-state index contributed by atoms with van der Waals surface area (Å²) < 4.78 is 30.6. The van der Waals surface area contributed by atoms with Crippen LogP contribution in [-0.4, -0.2) is 63.9 Å². The second-order valence-electron chi connectivity index (χ2n) is 11.1. The maximum Gasteiger partial charge on any atom is 0.410 e. The predicted octanol–water partition coefficient (Wildman–Crippen LogP) is 4.53. The van der Waals surface area contributed by atoms with Crippen molar-refractivity contribution in [2.24, 2.45) is 10.3 Å². The number of hydrogen-bond donors (Lipinski definition) is 2. The smallest absolute Gasteiger partial charge is 0.410 e. The molecule has 0 bridgehead atoms. The van der Waals surface area contributed by atoms with Crippen LogP contribution in [0.25, 0.3) is 0 Å². The molecule has 13 heteroatoms. The fraction of sp³-hybridized carbons (Fsp3) is 0.600. The Morgan fingerprint density at radius 3 is 2.13 bits per heavy atom. The van der Waals surface area contributed by atoms with E-state index in [1.165, 1.54) is 31.3 Å². The van der Waals surface area contributed by atoms with Gasteiger partial charge in [-0.2, -0.15) is 0 Å². The molecule has 4 amide bonds. The summed E-state index contributed by atoms with van der Waals surface area (Å²) in [4.78, 5) is 51.6. The molecule has 0 saturated carbocycles. The van der Waals surface area contributed by atoms with E-state index in [1.54, 1.807) is 41.5 Å². The van der Waals surface area contributed by atoms with Crippen LogP contribution in [0.2, 0.25) is 5.02 Å². The van der Waals surface area contributed by atoms with E-state index in [0.717, 1.165) is 4.90 Å². The fourth-order valence-electron chi connectivity index (χ4n) is 2.91. The molecule has 0 aliphatic rings. The lowest BCUT2D eigenvalue weighted by Crippen LogP contribution is -2.45. The fourth-order valence-corrected chi connectivity index (χ4v) is 4.74.